The second kappa shape index (κ2) is 5.32. The number of rotatable bonds is 0. The third-order valence-corrected chi connectivity index (χ3v) is 3.42. The highest BCUT2D eigenvalue weighted by atomic mass is 16.5. The van der Waals surface area contributed by atoms with E-state index >= 15 is 0 Å². The number of esters is 2. The maximum atomic E-state index is 11.6. The quantitative estimate of drug-likeness (QED) is 0.590. The molecule has 0 aromatic carbocycles. The minimum Gasteiger partial charge on any atom is -0.465 e. The van der Waals surface area contributed by atoms with Crippen LogP contribution in [0.3, 0.4) is 0 Å². The lowest BCUT2D eigenvalue weighted by Gasteiger charge is -2.26. The monoisotopic (exact) mass is 226 g/mol. The lowest BCUT2D eigenvalue weighted by molar-refractivity contribution is -0.156. The molecule has 1 saturated carbocycles. The van der Waals surface area contributed by atoms with Crippen molar-refractivity contribution in [2.24, 2.45) is 11.8 Å². The van der Waals surface area contributed by atoms with Crippen molar-refractivity contribution in [3.05, 3.63) is 0 Å². The highest BCUT2D eigenvalue weighted by Crippen LogP contribution is 2.30. The molecule has 4 nitrogen and oxygen atoms in total. The van der Waals surface area contributed by atoms with Gasteiger partial charge in [-0.05, 0) is 38.5 Å². The minimum absolute atomic E-state index is 0.00322. The zero-order chi connectivity index (χ0) is 11.4. The molecule has 4 heteroatoms. The van der Waals surface area contributed by atoms with Crippen LogP contribution in [0.5, 0.6) is 0 Å². The summed E-state index contributed by atoms with van der Waals surface area (Å²) in [6, 6.07) is 0. The van der Waals surface area contributed by atoms with Crippen molar-refractivity contribution in [1.29, 1.82) is 0 Å². The average molecular weight is 226 g/mol. The molecule has 0 amide bonds. The lowest BCUT2D eigenvalue weighted by atomic mass is 9.82. The molecule has 1 aliphatic carbocycles. The van der Waals surface area contributed by atoms with Crippen molar-refractivity contribution in [3.8, 4) is 0 Å². The second-order valence-electron chi connectivity index (χ2n) is 4.59. The van der Waals surface area contributed by atoms with Crippen LogP contribution >= 0.6 is 0 Å². The number of hydrogen-bond acceptors (Lipinski definition) is 4. The first-order chi connectivity index (χ1) is 7.77. The van der Waals surface area contributed by atoms with Crippen LogP contribution in [0.25, 0.3) is 0 Å². The van der Waals surface area contributed by atoms with Crippen LogP contribution in [0.2, 0.25) is 0 Å². The highest BCUT2D eigenvalue weighted by Gasteiger charge is 2.31. The summed E-state index contributed by atoms with van der Waals surface area (Å²) in [5.74, 6) is -0.147. The Labute approximate surface area is 95.3 Å². The number of carbonyl (C=O) groups excluding carboxylic acids is 2. The molecule has 3 rings (SSSR count). The molecule has 2 heterocycles. The van der Waals surface area contributed by atoms with Gasteiger partial charge in [-0.25, -0.2) is 0 Å². The summed E-state index contributed by atoms with van der Waals surface area (Å²) in [4.78, 5) is 23.3. The van der Waals surface area contributed by atoms with E-state index < -0.39 is 0 Å². The molecule has 0 aromatic heterocycles. The lowest BCUT2D eigenvalue weighted by Crippen LogP contribution is -2.29. The van der Waals surface area contributed by atoms with Crippen LogP contribution in [-0.2, 0) is 19.1 Å². The summed E-state index contributed by atoms with van der Waals surface area (Å²) >= 11 is 0. The molecule has 3 aliphatic rings. The van der Waals surface area contributed by atoms with Crippen molar-refractivity contribution in [2.45, 2.75) is 38.5 Å². The van der Waals surface area contributed by atoms with Crippen LogP contribution in [0.4, 0.5) is 0 Å². The summed E-state index contributed by atoms with van der Waals surface area (Å²) < 4.78 is 10.4. The Balaban J connectivity index is 1.97. The number of hydrogen-bond donors (Lipinski definition) is 0. The fourth-order valence-corrected chi connectivity index (χ4v) is 2.35. The first kappa shape index (κ1) is 11.4. The molecule has 0 spiro atoms. The number of ether oxygens (including phenoxy) is 2. The van der Waals surface area contributed by atoms with Crippen LogP contribution in [0, 0.1) is 11.8 Å². The topological polar surface area (TPSA) is 52.6 Å². The van der Waals surface area contributed by atoms with E-state index in [1.54, 1.807) is 0 Å². The molecule has 90 valence electrons. The van der Waals surface area contributed by atoms with Gasteiger partial charge in [0.1, 0.15) is 0 Å². The summed E-state index contributed by atoms with van der Waals surface area (Å²) in [5.41, 5.74) is 0. The zero-order valence-electron chi connectivity index (χ0n) is 9.44. The van der Waals surface area contributed by atoms with E-state index in [0.29, 0.717) is 13.2 Å². The van der Waals surface area contributed by atoms with Crippen molar-refractivity contribution in [1.82, 2.24) is 0 Å². The van der Waals surface area contributed by atoms with E-state index in [2.05, 4.69) is 0 Å². The van der Waals surface area contributed by atoms with E-state index in [-0.39, 0.29) is 23.8 Å². The molecule has 0 unspecified atom stereocenters. The standard InChI is InChI=1S/C12H18O4/c13-11-9-3-5-10(6-4-9)12(14)16-8-2-1-7-15-11/h9-10H,1-8H2/t9-,10-. The Morgan fingerprint density at radius 1 is 0.750 bits per heavy atom. The van der Waals surface area contributed by atoms with Gasteiger partial charge in [0.05, 0.1) is 25.0 Å². The Bertz CT molecular complexity index is 238. The van der Waals surface area contributed by atoms with Gasteiger partial charge in [0.2, 0.25) is 0 Å². The Morgan fingerprint density at radius 2 is 1.12 bits per heavy atom. The van der Waals surface area contributed by atoms with Gasteiger partial charge < -0.3 is 9.47 Å². The van der Waals surface area contributed by atoms with Crippen LogP contribution < -0.4 is 0 Å². The molecular formula is C12H18O4. The maximum Gasteiger partial charge on any atom is 0.308 e. The fraction of sp³-hybridized carbons (Fsp3) is 0.833. The third kappa shape index (κ3) is 2.74. The van der Waals surface area contributed by atoms with Gasteiger partial charge in [-0.1, -0.05) is 0 Å². The van der Waals surface area contributed by atoms with Gasteiger partial charge in [-0.2, -0.15) is 0 Å². The Morgan fingerprint density at radius 3 is 1.50 bits per heavy atom. The van der Waals surface area contributed by atoms with E-state index in [1.165, 1.54) is 0 Å². The normalized spacial score (nSPS) is 32.2. The van der Waals surface area contributed by atoms with Gasteiger partial charge in [-0.15, -0.1) is 0 Å². The van der Waals surface area contributed by atoms with Crippen molar-refractivity contribution in [3.63, 3.8) is 0 Å². The minimum atomic E-state index is -0.0765. The summed E-state index contributed by atoms with van der Waals surface area (Å²) in [6.07, 6.45) is 4.60. The first-order valence-corrected chi connectivity index (χ1v) is 6.10. The van der Waals surface area contributed by atoms with Gasteiger partial charge >= 0.3 is 11.9 Å². The van der Waals surface area contributed by atoms with Gasteiger partial charge in [-0.3, -0.25) is 9.59 Å². The Hall–Kier alpha value is -1.06. The fourth-order valence-electron chi connectivity index (χ4n) is 2.35. The first-order valence-electron chi connectivity index (χ1n) is 6.10. The molecular weight excluding hydrogens is 208 g/mol. The van der Waals surface area contributed by atoms with Crippen LogP contribution in [0.15, 0.2) is 0 Å². The van der Waals surface area contributed by atoms with Crippen molar-refractivity contribution < 1.29 is 19.1 Å². The Kier molecular flexibility index (Phi) is 3.80. The molecule has 0 atom stereocenters. The average Bonchev–Trinajstić information content (AvgIpc) is 2.31. The van der Waals surface area contributed by atoms with E-state index in [9.17, 15) is 9.59 Å². The van der Waals surface area contributed by atoms with Crippen LogP contribution in [-0.4, -0.2) is 25.2 Å². The smallest absolute Gasteiger partial charge is 0.308 e. The predicted molar refractivity (Wildman–Crippen MR) is 56.6 cm³/mol. The van der Waals surface area contributed by atoms with Gasteiger partial charge in [0, 0.05) is 0 Å². The molecule has 2 aliphatic heterocycles. The van der Waals surface area contributed by atoms with E-state index in [4.69, 9.17) is 9.47 Å². The molecule has 2 bridgehead atoms. The zero-order valence-corrected chi connectivity index (χ0v) is 9.44. The molecule has 0 radical (unpaired) electrons. The summed E-state index contributed by atoms with van der Waals surface area (Å²) in [5, 5.41) is 0. The summed E-state index contributed by atoms with van der Waals surface area (Å²) in [7, 11) is 0. The maximum absolute atomic E-state index is 11.6. The molecule has 0 aromatic rings. The van der Waals surface area contributed by atoms with Crippen molar-refractivity contribution >= 4 is 11.9 Å². The van der Waals surface area contributed by atoms with Gasteiger partial charge in [0.15, 0.2) is 0 Å². The molecule has 3 fully saturated rings. The predicted octanol–water partition coefficient (Wildman–Crippen LogP) is 1.67. The SMILES string of the molecule is O=C1OCCCCOC(=O)[C@H]2CC[C@H]1CC2. The van der Waals surface area contributed by atoms with Crippen molar-refractivity contribution in [2.75, 3.05) is 13.2 Å². The summed E-state index contributed by atoms with van der Waals surface area (Å²) in [6.45, 7) is 0.909. The molecule has 16 heavy (non-hydrogen) atoms. The third-order valence-electron chi connectivity index (χ3n) is 3.42. The largest absolute Gasteiger partial charge is 0.465 e. The highest BCUT2D eigenvalue weighted by molar-refractivity contribution is 5.75. The van der Waals surface area contributed by atoms with E-state index in [0.717, 1.165) is 38.5 Å². The number of fused-ring (bicyclic) bond motifs is 9. The van der Waals surface area contributed by atoms with Gasteiger partial charge in [0.25, 0.3) is 0 Å². The number of carbonyl (C=O) groups is 2. The molecule has 0 N–H and O–H groups in total. The van der Waals surface area contributed by atoms with E-state index in [1.807, 2.05) is 0 Å². The second-order valence-corrected chi connectivity index (χ2v) is 4.59. The van der Waals surface area contributed by atoms with Crippen LogP contribution in [0.1, 0.15) is 38.5 Å². The molecule has 2 saturated heterocycles.